The van der Waals surface area contributed by atoms with E-state index >= 15 is 0 Å². The van der Waals surface area contributed by atoms with E-state index in [1.54, 1.807) is 12.1 Å². The molecule has 4 fully saturated rings. The number of benzene rings is 1. The number of nitrogens with zero attached hydrogens (tertiary/aromatic N) is 3. The highest BCUT2D eigenvalue weighted by atomic mass is 32.1. The van der Waals surface area contributed by atoms with Crippen molar-refractivity contribution in [1.29, 1.82) is 5.26 Å². The summed E-state index contributed by atoms with van der Waals surface area (Å²) in [7, 11) is 0. The summed E-state index contributed by atoms with van der Waals surface area (Å²) < 4.78 is 21.5. The fourth-order valence-corrected chi connectivity index (χ4v) is 9.68. The second-order valence-electron chi connectivity index (χ2n) is 13.5. The fourth-order valence-electron chi connectivity index (χ4n) is 9.27. The minimum Gasteiger partial charge on any atom is -0.448 e. The topological polar surface area (TPSA) is 105 Å². The van der Waals surface area contributed by atoms with Crippen molar-refractivity contribution in [1.82, 2.24) is 9.78 Å². The van der Waals surface area contributed by atoms with Crippen LogP contribution in [0.4, 0.5) is 4.39 Å². The molecule has 0 bridgehead atoms. The first-order valence-corrected chi connectivity index (χ1v) is 15.0. The zero-order valence-corrected chi connectivity index (χ0v) is 24.2. The summed E-state index contributed by atoms with van der Waals surface area (Å²) in [5.41, 5.74) is 0.485. The lowest BCUT2D eigenvalue weighted by Gasteiger charge is -2.60. The Morgan fingerprint density at radius 2 is 1.93 bits per heavy atom. The van der Waals surface area contributed by atoms with Gasteiger partial charge in [0.1, 0.15) is 5.82 Å². The third kappa shape index (κ3) is 3.56. The highest BCUT2D eigenvalue weighted by Gasteiger charge is 2.71. The van der Waals surface area contributed by atoms with Gasteiger partial charge in [0.2, 0.25) is 5.12 Å². The average Bonchev–Trinajstić information content (AvgIpc) is 3.56. The van der Waals surface area contributed by atoms with E-state index in [2.05, 4.69) is 36.8 Å². The van der Waals surface area contributed by atoms with Gasteiger partial charge in [-0.2, -0.15) is 10.4 Å². The number of aromatic nitrogens is 2. The first kappa shape index (κ1) is 26.9. The number of aliphatic hydroxyl groups is 1. The maximum Gasteiger partial charge on any atom is 0.327 e. The Morgan fingerprint density at radius 1 is 1.20 bits per heavy atom. The molecule has 5 aliphatic carbocycles. The highest BCUT2D eigenvalue weighted by Crippen LogP contribution is 2.69. The highest BCUT2D eigenvalue weighted by molar-refractivity contribution is 7.96. The number of hydrogen-bond donors (Lipinski definition) is 2. The molecule has 1 N–H and O–H groups in total. The number of fused-ring (bicyclic) bond motifs is 6. The monoisotopic (exact) mass is 575 g/mol. The van der Waals surface area contributed by atoms with Gasteiger partial charge in [0.25, 0.3) is 0 Å². The molecular formula is C32H34FN3O4S. The first-order chi connectivity index (χ1) is 19.5. The van der Waals surface area contributed by atoms with Crippen LogP contribution in [-0.4, -0.2) is 37.7 Å². The first-order valence-electron chi connectivity index (χ1n) is 14.6. The summed E-state index contributed by atoms with van der Waals surface area (Å²) in [5, 5.41) is 25.7. The molecule has 5 aliphatic rings. The number of halogens is 1. The van der Waals surface area contributed by atoms with Crippen LogP contribution in [0.5, 0.6) is 0 Å². The number of nitriles is 1. The smallest absolute Gasteiger partial charge is 0.327 e. The largest absolute Gasteiger partial charge is 0.448 e. The maximum atomic E-state index is 13.6. The zero-order valence-electron chi connectivity index (χ0n) is 23.3. The molecule has 0 amide bonds. The van der Waals surface area contributed by atoms with Crippen LogP contribution in [0.25, 0.3) is 11.8 Å². The predicted octanol–water partition coefficient (Wildman–Crippen LogP) is 5.21. The van der Waals surface area contributed by atoms with Crippen molar-refractivity contribution < 1.29 is 23.8 Å². The van der Waals surface area contributed by atoms with E-state index in [4.69, 9.17) is 4.74 Å². The third-order valence-corrected chi connectivity index (χ3v) is 11.9. The van der Waals surface area contributed by atoms with Crippen molar-refractivity contribution >= 4 is 29.8 Å². The van der Waals surface area contributed by atoms with Crippen LogP contribution in [-0.2, 0) is 20.7 Å². The molecule has 1 aromatic carbocycles. The minimum atomic E-state index is -1.46. The number of ether oxygens (including phenoxy) is 1. The standard InChI is InChI=1S/C32H34FN3O4S/c1-29-14-18-16-35-36(21-6-4-20(33)5-7-21)24(18)13-19(29)3-8-22-23-9-10-32(28(39)41,30(23,2)15-25(37)26(22)29)40-27(38)31(17-34)11-12-31/h4-7,13,16,22-23,25-26,37H,3,8-12,14-15H2,1-2H3,(H,39,41)/t22-,23-,25-,26+,29-,30-,32-/m0/s1. The van der Waals surface area contributed by atoms with E-state index in [0.717, 1.165) is 36.2 Å². The lowest BCUT2D eigenvalue weighted by Crippen LogP contribution is -2.62. The number of hydrogen-bond acceptors (Lipinski definition) is 6. The van der Waals surface area contributed by atoms with E-state index in [9.17, 15) is 24.3 Å². The minimum absolute atomic E-state index is 0.0294. The summed E-state index contributed by atoms with van der Waals surface area (Å²) in [6.45, 7) is 4.23. The van der Waals surface area contributed by atoms with Crippen LogP contribution in [0.1, 0.15) is 70.1 Å². The van der Waals surface area contributed by atoms with Crippen LogP contribution >= 0.6 is 12.6 Å². The van der Waals surface area contributed by atoms with E-state index in [-0.39, 0.29) is 29.0 Å². The summed E-state index contributed by atoms with van der Waals surface area (Å²) in [4.78, 5) is 26.4. The van der Waals surface area contributed by atoms with Crippen molar-refractivity contribution in [2.24, 2.45) is 34.0 Å². The normalized spacial score (nSPS) is 37.9. The molecule has 0 spiro atoms. The van der Waals surface area contributed by atoms with E-state index < -0.39 is 33.6 Å². The van der Waals surface area contributed by atoms with Gasteiger partial charge in [0, 0.05) is 5.41 Å². The molecular weight excluding hydrogens is 541 g/mol. The molecule has 9 heteroatoms. The van der Waals surface area contributed by atoms with Crippen molar-refractivity contribution in [2.75, 3.05) is 0 Å². The fraction of sp³-hybridized carbons (Fsp3) is 0.562. The van der Waals surface area contributed by atoms with Crippen molar-refractivity contribution in [3.8, 4) is 11.8 Å². The Morgan fingerprint density at radius 3 is 2.59 bits per heavy atom. The lowest BCUT2D eigenvalue weighted by molar-refractivity contribution is -0.199. The van der Waals surface area contributed by atoms with E-state index in [1.165, 1.54) is 17.7 Å². The Bertz CT molecular complexity index is 1540. The third-order valence-electron chi connectivity index (χ3n) is 11.6. The van der Waals surface area contributed by atoms with Gasteiger partial charge in [-0.05, 0) is 110 Å². The van der Waals surface area contributed by atoms with Gasteiger partial charge in [-0.25, -0.2) is 9.07 Å². The Kier molecular flexibility index (Phi) is 5.76. The van der Waals surface area contributed by atoms with Gasteiger partial charge >= 0.3 is 5.97 Å². The molecule has 0 unspecified atom stereocenters. The molecule has 7 atom stereocenters. The van der Waals surface area contributed by atoms with Crippen LogP contribution in [0.15, 0.2) is 36.0 Å². The molecule has 214 valence electrons. The molecule has 0 aliphatic heterocycles. The van der Waals surface area contributed by atoms with Gasteiger partial charge in [-0.3, -0.25) is 9.59 Å². The Labute approximate surface area is 244 Å². The zero-order chi connectivity index (χ0) is 28.9. The lowest BCUT2D eigenvalue weighted by atomic mass is 9.45. The maximum absolute atomic E-state index is 13.6. The summed E-state index contributed by atoms with van der Waals surface area (Å²) in [6, 6.07) is 8.40. The molecule has 4 saturated carbocycles. The quantitative estimate of drug-likeness (QED) is 0.383. The summed E-state index contributed by atoms with van der Waals surface area (Å²) in [5.74, 6) is -0.741. The number of rotatable bonds is 4. The Balaban J connectivity index is 1.22. The SMILES string of the molecule is C[C@]12Cc3cnn(-c4ccc(F)cc4)c3C=C1CC[C@@H]1[C@@H]2[C@@H](O)C[C@@]2(C)[C@H]1CC[C@]2(OC(=O)C1(C#N)CC1)C(=O)S. The molecule has 1 heterocycles. The number of aliphatic hydroxyl groups excluding tert-OH is 1. The van der Waals surface area contributed by atoms with Crippen molar-refractivity contribution in [2.45, 2.75) is 76.9 Å². The van der Waals surface area contributed by atoms with E-state index in [0.29, 0.717) is 32.1 Å². The molecule has 0 saturated heterocycles. The van der Waals surface area contributed by atoms with E-state index in [1.807, 2.05) is 17.8 Å². The number of allylic oxidation sites excluding steroid dienone is 1. The van der Waals surface area contributed by atoms with Gasteiger partial charge < -0.3 is 9.84 Å². The van der Waals surface area contributed by atoms with Crippen LogP contribution < -0.4 is 0 Å². The number of esters is 1. The molecule has 7 nitrogen and oxygen atoms in total. The number of carbonyl (C=O) groups excluding carboxylic acids is 2. The van der Waals surface area contributed by atoms with Crippen LogP contribution in [0, 0.1) is 51.1 Å². The molecule has 41 heavy (non-hydrogen) atoms. The number of carbonyl (C=O) groups is 2. The summed E-state index contributed by atoms with van der Waals surface area (Å²) in [6.07, 6.45) is 8.08. The predicted molar refractivity (Wildman–Crippen MR) is 151 cm³/mol. The second kappa shape index (κ2) is 8.78. The average molecular weight is 576 g/mol. The molecule has 7 rings (SSSR count). The van der Waals surface area contributed by atoms with Crippen molar-refractivity contribution in [3.63, 3.8) is 0 Å². The second-order valence-corrected chi connectivity index (χ2v) is 13.9. The van der Waals surface area contributed by atoms with Gasteiger partial charge in [0.15, 0.2) is 11.0 Å². The summed E-state index contributed by atoms with van der Waals surface area (Å²) >= 11 is 4.26. The van der Waals surface area contributed by atoms with Crippen molar-refractivity contribution in [3.05, 3.63) is 53.1 Å². The van der Waals surface area contributed by atoms with Gasteiger partial charge in [-0.1, -0.05) is 19.4 Å². The number of thiol groups is 1. The molecule has 2 aromatic rings. The molecule has 0 radical (unpaired) electrons. The van der Waals surface area contributed by atoms with Gasteiger partial charge in [-0.15, -0.1) is 12.6 Å². The van der Waals surface area contributed by atoms with Crippen LogP contribution in [0.2, 0.25) is 0 Å². The van der Waals surface area contributed by atoms with Crippen LogP contribution in [0.3, 0.4) is 0 Å². The Hall–Kier alpha value is -2.96. The molecule has 1 aromatic heterocycles. The van der Waals surface area contributed by atoms with Gasteiger partial charge in [0.05, 0.1) is 29.8 Å².